The zero-order valence-electron chi connectivity index (χ0n) is 9.77. The number of rotatable bonds is 5. The van der Waals surface area contributed by atoms with E-state index in [-0.39, 0.29) is 11.9 Å². The van der Waals surface area contributed by atoms with Crippen LogP contribution in [0.15, 0.2) is 29.4 Å². The van der Waals surface area contributed by atoms with E-state index in [1.165, 1.54) is 11.1 Å². The van der Waals surface area contributed by atoms with Crippen LogP contribution in [0.5, 0.6) is 0 Å². The van der Waals surface area contributed by atoms with Gasteiger partial charge in [0.15, 0.2) is 0 Å². The predicted molar refractivity (Wildman–Crippen MR) is 65.6 cm³/mol. The van der Waals surface area contributed by atoms with Crippen LogP contribution < -0.4 is 11.1 Å². The highest BCUT2D eigenvalue weighted by atomic mass is 16.4. The lowest BCUT2D eigenvalue weighted by Gasteiger charge is -2.16. The Kier molecular flexibility index (Phi) is 4.79. The van der Waals surface area contributed by atoms with Crippen molar-refractivity contribution >= 4 is 5.84 Å². The zero-order valence-corrected chi connectivity index (χ0v) is 9.77. The molecule has 0 aliphatic carbocycles. The fraction of sp³-hybridized carbons (Fsp3) is 0.417. The van der Waals surface area contributed by atoms with E-state index in [0.29, 0.717) is 13.0 Å². The molecule has 0 aromatic heterocycles. The summed E-state index contributed by atoms with van der Waals surface area (Å²) in [6.07, 6.45) is 0.548. The minimum Gasteiger partial charge on any atom is -0.409 e. The molecule has 0 spiro atoms. The van der Waals surface area contributed by atoms with Crippen molar-refractivity contribution in [2.45, 2.75) is 26.3 Å². The topological polar surface area (TPSA) is 70.6 Å². The first-order valence-corrected chi connectivity index (χ1v) is 5.40. The molecule has 4 nitrogen and oxygen atoms in total. The molecule has 0 heterocycles. The van der Waals surface area contributed by atoms with Gasteiger partial charge in [0.25, 0.3) is 0 Å². The number of hydrogen-bond donors (Lipinski definition) is 3. The van der Waals surface area contributed by atoms with Crippen molar-refractivity contribution in [3.63, 3.8) is 0 Å². The fourth-order valence-electron chi connectivity index (χ4n) is 1.65. The molecule has 1 aromatic carbocycles. The number of benzene rings is 1. The van der Waals surface area contributed by atoms with Crippen LogP contribution in [0, 0.1) is 6.92 Å². The summed E-state index contributed by atoms with van der Waals surface area (Å²) in [5, 5.41) is 14.7. The van der Waals surface area contributed by atoms with E-state index >= 15 is 0 Å². The Balaban J connectivity index is 2.47. The maximum Gasteiger partial charge on any atom is 0.140 e. The van der Waals surface area contributed by atoms with Crippen LogP contribution in [-0.4, -0.2) is 17.6 Å². The van der Waals surface area contributed by atoms with Gasteiger partial charge in [0.05, 0.1) is 0 Å². The molecule has 0 saturated carbocycles. The van der Waals surface area contributed by atoms with Gasteiger partial charge in [-0.25, -0.2) is 0 Å². The largest absolute Gasteiger partial charge is 0.409 e. The molecule has 16 heavy (non-hydrogen) atoms. The molecule has 0 fully saturated rings. The second-order valence-corrected chi connectivity index (χ2v) is 3.87. The fourth-order valence-corrected chi connectivity index (χ4v) is 1.65. The van der Waals surface area contributed by atoms with Gasteiger partial charge in [-0.2, -0.15) is 0 Å². The van der Waals surface area contributed by atoms with Crippen LogP contribution >= 0.6 is 0 Å². The monoisotopic (exact) mass is 221 g/mol. The van der Waals surface area contributed by atoms with Crippen molar-refractivity contribution in [2.75, 3.05) is 6.54 Å². The number of hydrogen-bond acceptors (Lipinski definition) is 3. The summed E-state index contributed by atoms with van der Waals surface area (Å²) in [5.41, 5.74) is 7.94. The summed E-state index contributed by atoms with van der Waals surface area (Å²) >= 11 is 0. The SMILES string of the molecule is Cc1ccccc1[C@H](C)NCC/C(N)=N/O. The number of aryl methyl sites for hydroxylation is 1. The maximum atomic E-state index is 8.40. The number of nitrogens with one attached hydrogen (secondary N) is 1. The molecule has 4 N–H and O–H groups in total. The molecular formula is C12H19N3O. The third-order valence-corrected chi connectivity index (χ3v) is 2.62. The third kappa shape index (κ3) is 3.55. The van der Waals surface area contributed by atoms with Gasteiger partial charge in [-0.1, -0.05) is 29.4 Å². The molecule has 1 aromatic rings. The second kappa shape index (κ2) is 6.12. The molecule has 0 bridgehead atoms. The number of oxime groups is 1. The van der Waals surface area contributed by atoms with Gasteiger partial charge in [0.2, 0.25) is 0 Å². The molecule has 0 aliphatic rings. The van der Waals surface area contributed by atoms with Crippen LogP contribution in [-0.2, 0) is 0 Å². The van der Waals surface area contributed by atoms with Crippen LogP contribution in [0.2, 0.25) is 0 Å². The normalized spacial score (nSPS) is 13.8. The molecule has 0 amide bonds. The summed E-state index contributed by atoms with van der Waals surface area (Å²) < 4.78 is 0. The van der Waals surface area contributed by atoms with Crippen molar-refractivity contribution in [2.24, 2.45) is 10.9 Å². The summed E-state index contributed by atoms with van der Waals surface area (Å²) in [7, 11) is 0. The van der Waals surface area contributed by atoms with Crippen LogP contribution in [0.4, 0.5) is 0 Å². The van der Waals surface area contributed by atoms with Gasteiger partial charge in [0, 0.05) is 19.0 Å². The van der Waals surface area contributed by atoms with Crippen molar-refractivity contribution in [1.29, 1.82) is 0 Å². The molecular weight excluding hydrogens is 202 g/mol. The van der Waals surface area contributed by atoms with Gasteiger partial charge >= 0.3 is 0 Å². The molecule has 0 saturated heterocycles. The average Bonchev–Trinajstić information content (AvgIpc) is 2.29. The minimum atomic E-state index is 0.254. The maximum absolute atomic E-state index is 8.40. The predicted octanol–water partition coefficient (Wildman–Crippen LogP) is 1.78. The van der Waals surface area contributed by atoms with Crippen molar-refractivity contribution < 1.29 is 5.21 Å². The lowest BCUT2D eigenvalue weighted by Crippen LogP contribution is -2.25. The minimum absolute atomic E-state index is 0.254. The Morgan fingerprint density at radius 3 is 2.81 bits per heavy atom. The molecule has 4 heteroatoms. The average molecular weight is 221 g/mol. The lowest BCUT2D eigenvalue weighted by molar-refractivity contribution is 0.316. The van der Waals surface area contributed by atoms with E-state index in [1.54, 1.807) is 0 Å². The molecule has 0 aliphatic heterocycles. The standard InChI is InChI=1S/C12H19N3O/c1-9-5-3-4-6-11(9)10(2)14-8-7-12(13)15-16/h3-6,10,14,16H,7-8H2,1-2H3,(H2,13,15)/t10-/m0/s1. The van der Waals surface area contributed by atoms with Crippen LogP contribution in [0.1, 0.15) is 30.5 Å². The van der Waals surface area contributed by atoms with Gasteiger partial charge in [0.1, 0.15) is 5.84 Å². The van der Waals surface area contributed by atoms with E-state index in [1.807, 2.05) is 12.1 Å². The molecule has 1 rings (SSSR count). The van der Waals surface area contributed by atoms with E-state index < -0.39 is 0 Å². The van der Waals surface area contributed by atoms with E-state index in [9.17, 15) is 0 Å². The Morgan fingerprint density at radius 2 is 2.19 bits per heavy atom. The number of amidine groups is 1. The smallest absolute Gasteiger partial charge is 0.140 e. The Labute approximate surface area is 96.2 Å². The van der Waals surface area contributed by atoms with Crippen molar-refractivity contribution in [3.8, 4) is 0 Å². The van der Waals surface area contributed by atoms with Crippen molar-refractivity contribution in [1.82, 2.24) is 5.32 Å². The first-order chi connectivity index (χ1) is 7.65. The van der Waals surface area contributed by atoms with Crippen molar-refractivity contribution in [3.05, 3.63) is 35.4 Å². The van der Waals surface area contributed by atoms with E-state index in [2.05, 4.69) is 36.5 Å². The summed E-state index contributed by atoms with van der Waals surface area (Å²) in [6.45, 7) is 4.90. The van der Waals surface area contributed by atoms with Gasteiger partial charge in [-0.3, -0.25) is 0 Å². The first kappa shape index (κ1) is 12.5. The third-order valence-electron chi connectivity index (χ3n) is 2.62. The van der Waals surface area contributed by atoms with Gasteiger partial charge in [-0.15, -0.1) is 0 Å². The lowest BCUT2D eigenvalue weighted by atomic mass is 10.0. The first-order valence-electron chi connectivity index (χ1n) is 5.40. The van der Waals surface area contributed by atoms with Gasteiger partial charge < -0.3 is 16.3 Å². The van der Waals surface area contributed by atoms with Gasteiger partial charge in [-0.05, 0) is 25.0 Å². The highest BCUT2D eigenvalue weighted by Crippen LogP contribution is 2.16. The Bertz CT molecular complexity index is 363. The Hall–Kier alpha value is -1.55. The zero-order chi connectivity index (χ0) is 12.0. The van der Waals surface area contributed by atoms with Crippen LogP contribution in [0.25, 0.3) is 0 Å². The van der Waals surface area contributed by atoms with Crippen LogP contribution in [0.3, 0.4) is 0 Å². The Morgan fingerprint density at radius 1 is 1.50 bits per heavy atom. The number of nitrogens with two attached hydrogens (primary N) is 1. The summed E-state index contributed by atoms with van der Waals surface area (Å²) in [6, 6.07) is 8.53. The highest BCUT2D eigenvalue weighted by molar-refractivity contribution is 5.79. The highest BCUT2D eigenvalue weighted by Gasteiger charge is 2.06. The molecule has 0 unspecified atom stereocenters. The quantitative estimate of drug-likeness (QED) is 0.307. The molecule has 88 valence electrons. The van der Waals surface area contributed by atoms with E-state index in [4.69, 9.17) is 10.9 Å². The second-order valence-electron chi connectivity index (χ2n) is 3.87. The summed E-state index contributed by atoms with van der Waals surface area (Å²) in [5.74, 6) is 0.254. The summed E-state index contributed by atoms with van der Waals surface area (Å²) in [4.78, 5) is 0. The molecule has 0 radical (unpaired) electrons. The van der Waals surface area contributed by atoms with E-state index in [0.717, 1.165) is 0 Å². The molecule has 1 atom stereocenters. The number of nitrogens with zero attached hydrogens (tertiary/aromatic N) is 1.